The van der Waals surface area contributed by atoms with Gasteiger partial charge in [0, 0.05) is 24.9 Å². The molecule has 0 aromatic heterocycles. The van der Waals surface area contributed by atoms with Crippen LogP contribution in [0.4, 0.5) is 8.78 Å². The molecule has 0 radical (unpaired) electrons. The highest BCUT2D eigenvalue weighted by molar-refractivity contribution is 5.19. The molecule has 16 heavy (non-hydrogen) atoms. The van der Waals surface area contributed by atoms with E-state index in [4.69, 9.17) is 5.73 Å². The van der Waals surface area contributed by atoms with Gasteiger partial charge in [-0.25, -0.2) is 8.78 Å². The minimum atomic E-state index is -2.67. The van der Waals surface area contributed by atoms with E-state index < -0.39 is 17.1 Å². The average molecular weight is 232 g/mol. The van der Waals surface area contributed by atoms with Gasteiger partial charge in [-0.3, -0.25) is 0 Å². The van der Waals surface area contributed by atoms with Gasteiger partial charge in [0.1, 0.15) is 0 Å². The molecule has 5 heteroatoms. The third-order valence-corrected chi connectivity index (χ3v) is 4.58. The van der Waals surface area contributed by atoms with Crippen LogP contribution in [0.3, 0.4) is 0 Å². The van der Waals surface area contributed by atoms with Gasteiger partial charge < -0.3 is 16.2 Å². The van der Waals surface area contributed by atoms with Crippen molar-refractivity contribution in [2.24, 2.45) is 5.73 Å². The van der Waals surface area contributed by atoms with Crippen LogP contribution in [0.5, 0.6) is 0 Å². The SMILES string of the molecule is NC1(C2(O)CC3CCC(C2)N3)CC(F)(F)C1. The Labute approximate surface area is 93.4 Å². The molecule has 0 spiro atoms. The van der Waals surface area contributed by atoms with Crippen molar-refractivity contribution in [3.8, 4) is 0 Å². The summed E-state index contributed by atoms with van der Waals surface area (Å²) < 4.78 is 25.9. The van der Waals surface area contributed by atoms with Gasteiger partial charge in [0.05, 0.1) is 11.1 Å². The second-order valence-corrected chi connectivity index (χ2v) is 5.94. The summed E-state index contributed by atoms with van der Waals surface area (Å²) >= 11 is 0. The molecule has 2 bridgehead atoms. The van der Waals surface area contributed by atoms with Crippen molar-refractivity contribution in [1.82, 2.24) is 5.32 Å². The number of nitrogens with one attached hydrogen (secondary N) is 1. The van der Waals surface area contributed by atoms with Crippen LogP contribution in [0, 0.1) is 0 Å². The number of halogens is 2. The van der Waals surface area contributed by atoms with Crippen molar-refractivity contribution in [2.45, 2.75) is 67.7 Å². The van der Waals surface area contributed by atoms with E-state index in [2.05, 4.69) is 5.32 Å². The highest BCUT2D eigenvalue weighted by atomic mass is 19.3. The summed E-state index contributed by atoms with van der Waals surface area (Å²) in [5.41, 5.74) is 3.82. The van der Waals surface area contributed by atoms with Crippen molar-refractivity contribution in [1.29, 1.82) is 0 Å². The second-order valence-electron chi connectivity index (χ2n) is 5.94. The number of aliphatic hydroxyl groups is 1. The number of rotatable bonds is 1. The van der Waals surface area contributed by atoms with E-state index in [0.717, 1.165) is 12.8 Å². The first-order valence-corrected chi connectivity index (χ1v) is 5.97. The summed E-state index contributed by atoms with van der Waals surface area (Å²) in [6.07, 6.45) is 2.37. The summed E-state index contributed by atoms with van der Waals surface area (Å²) in [5, 5.41) is 13.9. The maximum absolute atomic E-state index is 13.0. The summed E-state index contributed by atoms with van der Waals surface area (Å²) in [5.74, 6) is -2.67. The van der Waals surface area contributed by atoms with Gasteiger partial charge in [-0.05, 0) is 25.7 Å². The highest BCUT2D eigenvalue weighted by Gasteiger charge is 2.65. The lowest BCUT2D eigenvalue weighted by molar-refractivity contribution is -0.201. The van der Waals surface area contributed by atoms with E-state index >= 15 is 0 Å². The fourth-order valence-electron chi connectivity index (χ4n) is 3.73. The standard InChI is InChI=1S/C11H18F2N2O/c12-11(13)5-9(14,6-11)10(16)3-7-1-2-8(4-10)15-7/h7-8,15-16H,1-6,14H2. The summed E-state index contributed by atoms with van der Waals surface area (Å²) in [6, 6.07) is 0.525. The Hall–Kier alpha value is -0.260. The number of hydrogen-bond donors (Lipinski definition) is 3. The lowest BCUT2D eigenvalue weighted by atomic mass is 9.60. The summed E-state index contributed by atoms with van der Waals surface area (Å²) in [7, 11) is 0. The molecule has 3 fully saturated rings. The Morgan fingerprint density at radius 1 is 1.12 bits per heavy atom. The molecule has 3 aliphatic rings. The van der Waals surface area contributed by atoms with Crippen LogP contribution < -0.4 is 11.1 Å². The van der Waals surface area contributed by atoms with Gasteiger partial charge in [-0.1, -0.05) is 0 Å². The molecule has 2 aliphatic heterocycles. The summed E-state index contributed by atoms with van der Waals surface area (Å²) in [6.45, 7) is 0. The molecule has 1 saturated carbocycles. The molecule has 3 rings (SSSR count). The van der Waals surface area contributed by atoms with E-state index in [9.17, 15) is 13.9 Å². The summed E-state index contributed by atoms with van der Waals surface area (Å²) in [4.78, 5) is 0. The van der Waals surface area contributed by atoms with Gasteiger partial charge in [0.15, 0.2) is 0 Å². The maximum atomic E-state index is 13.0. The molecule has 0 aromatic rings. The van der Waals surface area contributed by atoms with Crippen LogP contribution in [0.2, 0.25) is 0 Å². The molecule has 2 unspecified atom stereocenters. The molecule has 2 heterocycles. The normalized spacial score (nSPS) is 48.8. The number of alkyl halides is 2. The Morgan fingerprint density at radius 2 is 1.62 bits per heavy atom. The van der Waals surface area contributed by atoms with Crippen molar-refractivity contribution in [2.75, 3.05) is 0 Å². The van der Waals surface area contributed by atoms with Crippen LogP contribution in [0.15, 0.2) is 0 Å². The van der Waals surface area contributed by atoms with Gasteiger partial charge in [-0.2, -0.15) is 0 Å². The zero-order valence-corrected chi connectivity index (χ0v) is 9.18. The minimum absolute atomic E-state index is 0.262. The van der Waals surface area contributed by atoms with Crippen molar-refractivity contribution in [3.05, 3.63) is 0 Å². The molecule has 1 aliphatic carbocycles. The van der Waals surface area contributed by atoms with Crippen molar-refractivity contribution < 1.29 is 13.9 Å². The largest absolute Gasteiger partial charge is 0.388 e. The lowest BCUT2D eigenvalue weighted by Gasteiger charge is -2.56. The van der Waals surface area contributed by atoms with Gasteiger partial charge in [-0.15, -0.1) is 0 Å². The fraction of sp³-hybridized carbons (Fsp3) is 1.00. The van der Waals surface area contributed by atoms with E-state index in [0.29, 0.717) is 12.8 Å². The topological polar surface area (TPSA) is 58.3 Å². The monoisotopic (exact) mass is 232 g/mol. The molecule has 0 aromatic carbocycles. The third kappa shape index (κ3) is 1.41. The third-order valence-electron chi connectivity index (χ3n) is 4.58. The van der Waals surface area contributed by atoms with Gasteiger partial charge in [0.2, 0.25) is 0 Å². The van der Waals surface area contributed by atoms with Crippen molar-refractivity contribution >= 4 is 0 Å². The van der Waals surface area contributed by atoms with E-state index in [1.807, 2.05) is 0 Å². The smallest absolute Gasteiger partial charge is 0.251 e. The Kier molecular flexibility index (Phi) is 2.00. The van der Waals surface area contributed by atoms with Gasteiger partial charge in [0.25, 0.3) is 5.92 Å². The average Bonchev–Trinajstić information content (AvgIpc) is 2.42. The molecule has 0 amide bonds. The Bertz CT molecular complexity index is 301. The highest BCUT2D eigenvalue weighted by Crippen LogP contribution is 2.53. The quantitative estimate of drug-likeness (QED) is 0.625. The van der Waals surface area contributed by atoms with Gasteiger partial charge >= 0.3 is 0 Å². The maximum Gasteiger partial charge on any atom is 0.251 e. The predicted molar refractivity (Wildman–Crippen MR) is 55.2 cm³/mol. The number of hydrogen-bond acceptors (Lipinski definition) is 3. The van der Waals surface area contributed by atoms with Crippen LogP contribution in [-0.2, 0) is 0 Å². The Morgan fingerprint density at radius 3 is 2.06 bits per heavy atom. The molecule has 2 atom stereocenters. The van der Waals surface area contributed by atoms with E-state index in [-0.39, 0.29) is 24.9 Å². The fourth-order valence-corrected chi connectivity index (χ4v) is 3.73. The van der Waals surface area contributed by atoms with Crippen LogP contribution in [0.25, 0.3) is 0 Å². The lowest BCUT2D eigenvalue weighted by Crippen LogP contribution is -2.73. The number of nitrogens with two attached hydrogens (primary N) is 1. The molecule has 3 nitrogen and oxygen atoms in total. The zero-order valence-electron chi connectivity index (χ0n) is 9.18. The van der Waals surface area contributed by atoms with Crippen molar-refractivity contribution in [3.63, 3.8) is 0 Å². The van der Waals surface area contributed by atoms with Crippen LogP contribution >= 0.6 is 0 Å². The molecular weight excluding hydrogens is 214 g/mol. The van der Waals surface area contributed by atoms with E-state index in [1.165, 1.54) is 0 Å². The van der Waals surface area contributed by atoms with Crippen LogP contribution in [-0.4, -0.2) is 34.3 Å². The number of piperidine rings is 1. The molecule has 2 saturated heterocycles. The molecule has 92 valence electrons. The zero-order chi connectivity index (χ0) is 11.6. The second kappa shape index (κ2) is 2.94. The first-order valence-electron chi connectivity index (χ1n) is 5.97. The first-order chi connectivity index (χ1) is 7.32. The van der Waals surface area contributed by atoms with E-state index in [1.54, 1.807) is 0 Å². The molecular formula is C11H18F2N2O. The van der Waals surface area contributed by atoms with Crippen LogP contribution in [0.1, 0.15) is 38.5 Å². The number of fused-ring (bicyclic) bond motifs is 2. The molecule has 4 N–H and O–H groups in total. The predicted octanol–water partition coefficient (Wildman–Crippen LogP) is 0.758. The minimum Gasteiger partial charge on any atom is -0.388 e. The Balaban J connectivity index is 1.79. The first kappa shape index (κ1) is 10.9.